The van der Waals surface area contributed by atoms with Crippen LogP contribution in [0.1, 0.15) is 50.8 Å². The number of nitrogens with zero attached hydrogens (tertiary/aromatic N) is 2. The topological polar surface area (TPSA) is 86.8 Å². The maximum atomic E-state index is 13.5. The van der Waals surface area contributed by atoms with Gasteiger partial charge in [0.15, 0.2) is 0 Å². The molecule has 0 saturated heterocycles. The van der Waals surface area contributed by atoms with E-state index >= 15 is 0 Å². The van der Waals surface area contributed by atoms with Gasteiger partial charge in [-0.15, -0.1) is 0 Å². The first kappa shape index (κ1) is 27.4. The first-order valence-electron chi connectivity index (χ1n) is 11.7. The average Bonchev–Trinajstić information content (AvgIpc) is 2.79. The molecule has 34 heavy (non-hydrogen) atoms. The molecule has 186 valence electrons. The second kappa shape index (κ2) is 12.0. The van der Waals surface area contributed by atoms with Crippen LogP contribution in [0.3, 0.4) is 0 Å². The van der Waals surface area contributed by atoms with Gasteiger partial charge in [-0.3, -0.25) is 13.9 Å². The van der Waals surface area contributed by atoms with Gasteiger partial charge < -0.3 is 10.2 Å². The Morgan fingerprint density at radius 3 is 2.18 bits per heavy atom. The summed E-state index contributed by atoms with van der Waals surface area (Å²) in [5.41, 5.74) is 3.39. The number of hydrogen-bond donors (Lipinski definition) is 1. The van der Waals surface area contributed by atoms with Crippen LogP contribution in [-0.4, -0.2) is 50.0 Å². The van der Waals surface area contributed by atoms with Crippen molar-refractivity contribution in [2.45, 2.75) is 66.1 Å². The number of benzene rings is 2. The molecule has 8 heteroatoms. The molecule has 0 bridgehead atoms. The van der Waals surface area contributed by atoms with Crippen molar-refractivity contribution in [3.05, 3.63) is 65.2 Å². The summed E-state index contributed by atoms with van der Waals surface area (Å²) in [6.07, 6.45) is 2.67. The van der Waals surface area contributed by atoms with E-state index in [2.05, 4.69) is 5.32 Å². The molecule has 0 heterocycles. The van der Waals surface area contributed by atoms with Crippen molar-refractivity contribution >= 4 is 27.5 Å². The van der Waals surface area contributed by atoms with Crippen LogP contribution in [0.15, 0.2) is 48.5 Å². The average molecular weight is 488 g/mol. The van der Waals surface area contributed by atoms with Crippen molar-refractivity contribution in [3.63, 3.8) is 0 Å². The molecule has 2 rings (SSSR count). The van der Waals surface area contributed by atoms with Crippen LogP contribution in [-0.2, 0) is 32.6 Å². The molecular weight excluding hydrogens is 450 g/mol. The molecule has 0 fully saturated rings. The molecule has 1 N–H and O–H groups in total. The van der Waals surface area contributed by atoms with E-state index in [1.165, 1.54) is 4.90 Å². The fourth-order valence-corrected chi connectivity index (χ4v) is 4.42. The Balaban J connectivity index is 2.37. The van der Waals surface area contributed by atoms with Crippen LogP contribution < -0.4 is 9.62 Å². The molecular formula is C26H37N3O4S. The van der Waals surface area contributed by atoms with Gasteiger partial charge in [0, 0.05) is 12.6 Å². The molecule has 2 atom stereocenters. The summed E-state index contributed by atoms with van der Waals surface area (Å²) in [7, 11) is -3.73. The molecule has 2 aromatic rings. The predicted octanol–water partition coefficient (Wildman–Crippen LogP) is 3.66. The highest BCUT2D eigenvalue weighted by Gasteiger charge is 2.30. The SMILES string of the molecule is CCc1ccc(N(CC(=O)N(Cc2cccc(C)c2)C(C)C(=O)NC(C)CC)S(C)(=O)=O)cc1. The lowest BCUT2D eigenvalue weighted by Gasteiger charge is -2.32. The number of hydrogen-bond acceptors (Lipinski definition) is 4. The molecule has 0 aromatic heterocycles. The zero-order valence-electron chi connectivity index (χ0n) is 21.0. The molecule has 2 aromatic carbocycles. The van der Waals surface area contributed by atoms with E-state index in [1.807, 2.05) is 64.1 Å². The minimum absolute atomic E-state index is 0.0320. The fraction of sp³-hybridized carbons (Fsp3) is 0.462. The summed E-state index contributed by atoms with van der Waals surface area (Å²) in [4.78, 5) is 27.9. The van der Waals surface area contributed by atoms with Crippen molar-refractivity contribution in [2.24, 2.45) is 0 Å². The lowest BCUT2D eigenvalue weighted by Crippen LogP contribution is -2.52. The molecule has 0 saturated carbocycles. The zero-order chi connectivity index (χ0) is 25.5. The largest absolute Gasteiger partial charge is 0.352 e. The Bertz CT molecular complexity index is 1080. The highest BCUT2D eigenvalue weighted by Crippen LogP contribution is 2.20. The van der Waals surface area contributed by atoms with Gasteiger partial charge in [-0.05, 0) is 56.9 Å². The summed E-state index contributed by atoms with van der Waals surface area (Å²) in [6, 6.07) is 14.0. The van der Waals surface area contributed by atoms with E-state index in [4.69, 9.17) is 0 Å². The van der Waals surface area contributed by atoms with E-state index in [0.717, 1.165) is 40.1 Å². The summed E-state index contributed by atoms with van der Waals surface area (Å²) >= 11 is 0. The van der Waals surface area contributed by atoms with Gasteiger partial charge in [-0.1, -0.05) is 55.8 Å². The highest BCUT2D eigenvalue weighted by atomic mass is 32.2. The van der Waals surface area contributed by atoms with Crippen LogP contribution >= 0.6 is 0 Å². The van der Waals surface area contributed by atoms with E-state index in [0.29, 0.717) is 5.69 Å². The van der Waals surface area contributed by atoms with E-state index in [1.54, 1.807) is 19.1 Å². The van der Waals surface area contributed by atoms with Gasteiger partial charge in [-0.25, -0.2) is 8.42 Å². The normalized spacial score (nSPS) is 13.1. The lowest BCUT2D eigenvalue weighted by molar-refractivity contribution is -0.139. The van der Waals surface area contributed by atoms with E-state index < -0.39 is 28.5 Å². The molecule has 0 radical (unpaired) electrons. The maximum absolute atomic E-state index is 13.5. The van der Waals surface area contributed by atoms with Crippen LogP contribution in [0, 0.1) is 6.92 Å². The van der Waals surface area contributed by atoms with E-state index in [-0.39, 0.29) is 18.5 Å². The summed E-state index contributed by atoms with van der Waals surface area (Å²) < 4.78 is 26.3. The first-order chi connectivity index (χ1) is 16.0. The number of carbonyl (C=O) groups excluding carboxylic acids is 2. The van der Waals surface area contributed by atoms with Gasteiger partial charge in [-0.2, -0.15) is 0 Å². The van der Waals surface area contributed by atoms with Gasteiger partial charge in [0.05, 0.1) is 11.9 Å². The monoisotopic (exact) mass is 487 g/mol. The minimum Gasteiger partial charge on any atom is -0.352 e. The Morgan fingerprint density at radius 2 is 1.65 bits per heavy atom. The molecule has 7 nitrogen and oxygen atoms in total. The Kier molecular flexibility index (Phi) is 9.67. The Labute approximate surface area is 204 Å². The van der Waals surface area contributed by atoms with Crippen LogP contribution in [0.4, 0.5) is 5.69 Å². The molecule has 0 aliphatic heterocycles. The molecule has 0 spiro atoms. The molecule has 2 unspecified atom stereocenters. The van der Waals surface area contributed by atoms with Crippen molar-refractivity contribution in [1.82, 2.24) is 10.2 Å². The van der Waals surface area contributed by atoms with Gasteiger partial charge >= 0.3 is 0 Å². The second-order valence-corrected chi connectivity index (χ2v) is 10.7. The van der Waals surface area contributed by atoms with Crippen molar-refractivity contribution in [1.29, 1.82) is 0 Å². The first-order valence-corrected chi connectivity index (χ1v) is 13.5. The highest BCUT2D eigenvalue weighted by molar-refractivity contribution is 7.92. The number of rotatable bonds is 11. The third-order valence-corrected chi connectivity index (χ3v) is 7.06. The third-order valence-electron chi connectivity index (χ3n) is 5.92. The summed E-state index contributed by atoms with van der Waals surface area (Å²) in [6.45, 7) is 9.33. The maximum Gasteiger partial charge on any atom is 0.244 e. The van der Waals surface area contributed by atoms with Gasteiger partial charge in [0.2, 0.25) is 21.8 Å². The number of amides is 2. The number of aryl methyl sites for hydroxylation is 2. The third kappa shape index (κ3) is 7.58. The standard InChI is InChI=1S/C26H37N3O4S/c1-7-20(4)27-26(31)21(5)28(17-23-11-9-10-19(3)16-23)25(30)18-29(34(6,32)33)24-14-12-22(8-2)13-15-24/h9-16,20-21H,7-8,17-18H2,1-6H3,(H,27,31). The molecule has 2 amide bonds. The fourth-order valence-electron chi connectivity index (χ4n) is 3.57. The van der Waals surface area contributed by atoms with E-state index in [9.17, 15) is 18.0 Å². The van der Waals surface area contributed by atoms with Crippen LogP contribution in [0.2, 0.25) is 0 Å². The summed E-state index contributed by atoms with van der Waals surface area (Å²) in [5, 5.41) is 2.93. The number of carbonyl (C=O) groups is 2. The summed E-state index contributed by atoms with van der Waals surface area (Å²) in [5.74, 6) is -0.716. The zero-order valence-corrected chi connectivity index (χ0v) is 21.9. The lowest BCUT2D eigenvalue weighted by atomic mass is 10.1. The van der Waals surface area contributed by atoms with Crippen molar-refractivity contribution < 1.29 is 18.0 Å². The van der Waals surface area contributed by atoms with Gasteiger partial charge in [0.1, 0.15) is 12.6 Å². The Morgan fingerprint density at radius 1 is 1.00 bits per heavy atom. The smallest absolute Gasteiger partial charge is 0.244 e. The van der Waals surface area contributed by atoms with Gasteiger partial charge in [0.25, 0.3) is 0 Å². The van der Waals surface area contributed by atoms with Crippen molar-refractivity contribution in [3.8, 4) is 0 Å². The molecule has 0 aliphatic carbocycles. The van der Waals surface area contributed by atoms with Crippen molar-refractivity contribution in [2.75, 3.05) is 17.1 Å². The predicted molar refractivity (Wildman–Crippen MR) is 137 cm³/mol. The van der Waals surface area contributed by atoms with Crippen LogP contribution in [0.5, 0.6) is 0 Å². The number of nitrogens with one attached hydrogen (secondary N) is 1. The Hall–Kier alpha value is -2.87. The number of anilines is 1. The molecule has 0 aliphatic rings. The number of sulfonamides is 1. The quantitative estimate of drug-likeness (QED) is 0.524. The minimum atomic E-state index is -3.73. The second-order valence-electron chi connectivity index (χ2n) is 8.79. The van der Waals surface area contributed by atoms with Crippen LogP contribution in [0.25, 0.3) is 0 Å².